The van der Waals surface area contributed by atoms with E-state index in [4.69, 9.17) is 9.47 Å². The molecule has 2 fully saturated rings. The van der Waals surface area contributed by atoms with Crippen LogP contribution in [-0.4, -0.2) is 55.5 Å². The van der Waals surface area contributed by atoms with Crippen LogP contribution in [0.1, 0.15) is 51.9 Å². The maximum atomic E-state index is 12.4. The summed E-state index contributed by atoms with van der Waals surface area (Å²) in [7, 11) is 0. The van der Waals surface area contributed by atoms with Crippen LogP contribution in [0.4, 0.5) is 0 Å². The molecule has 0 bridgehead atoms. The van der Waals surface area contributed by atoms with Gasteiger partial charge in [0.05, 0.1) is 19.3 Å². The van der Waals surface area contributed by atoms with Gasteiger partial charge in [-0.15, -0.1) is 0 Å². The molecular formula is C18H30N2O3. The zero-order valence-corrected chi connectivity index (χ0v) is 14.3. The number of nitrogens with zero attached hydrogens (tertiary/aromatic N) is 1. The molecule has 0 saturated carbocycles. The summed E-state index contributed by atoms with van der Waals surface area (Å²) < 4.78 is 11.5. The van der Waals surface area contributed by atoms with Crippen LogP contribution in [0, 0.1) is 0 Å². The first-order valence-electron chi connectivity index (χ1n) is 9.16. The van der Waals surface area contributed by atoms with E-state index in [1.165, 1.54) is 31.3 Å². The highest BCUT2D eigenvalue weighted by Gasteiger charge is 2.41. The number of nitrogens with one attached hydrogen (secondary N) is 1. The molecule has 1 unspecified atom stereocenters. The Morgan fingerprint density at radius 1 is 1.30 bits per heavy atom. The van der Waals surface area contributed by atoms with Gasteiger partial charge in [-0.1, -0.05) is 11.6 Å². The van der Waals surface area contributed by atoms with Gasteiger partial charge in [-0.25, -0.2) is 0 Å². The summed E-state index contributed by atoms with van der Waals surface area (Å²) in [6, 6.07) is -0.0749. The SMILES string of the molecule is CC(C(=O)NCCC1=CCCCC1)N1CCC2(CC1)OCCO2. The lowest BCUT2D eigenvalue weighted by Gasteiger charge is -2.39. The van der Waals surface area contributed by atoms with Gasteiger partial charge in [-0.05, 0) is 39.0 Å². The van der Waals surface area contributed by atoms with E-state index in [1.807, 2.05) is 6.92 Å². The fourth-order valence-corrected chi connectivity index (χ4v) is 3.83. The number of ether oxygens (including phenoxy) is 2. The van der Waals surface area contributed by atoms with Gasteiger partial charge in [0.1, 0.15) is 0 Å². The van der Waals surface area contributed by atoms with Crippen molar-refractivity contribution in [2.45, 2.75) is 63.7 Å². The highest BCUT2D eigenvalue weighted by molar-refractivity contribution is 5.81. The van der Waals surface area contributed by atoms with E-state index in [-0.39, 0.29) is 17.7 Å². The molecule has 5 heteroatoms. The monoisotopic (exact) mass is 322 g/mol. The zero-order valence-electron chi connectivity index (χ0n) is 14.3. The Morgan fingerprint density at radius 3 is 2.70 bits per heavy atom. The second-order valence-corrected chi connectivity index (χ2v) is 6.97. The number of amides is 1. The topological polar surface area (TPSA) is 50.8 Å². The lowest BCUT2D eigenvalue weighted by atomic mass is 9.97. The van der Waals surface area contributed by atoms with E-state index in [0.29, 0.717) is 13.2 Å². The van der Waals surface area contributed by atoms with Crippen molar-refractivity contribution in [1.82, 2.24) is 10.2 Å². The average Bonchev–Trinajstić information content (AvgIpc) is 3.04. The normalized spacial score (nSPS) is 26.0. The maximum absolute atomic E-state index is 12.4. The van der Waals surface area contributed by atoms with Crippen molar-refractivity contribution in [3.63, 3.8) is 0 Å². The Kier molecular flexibility index (Phi) is 5.72. The summed E-state index contributed by atoms with van der Waals surface area (Å²) in [6.07, 6.45) is 10.1. The average molecular weight is 322 g/mol. The molecule has 1 N–H and O–H groups in total. The van der Waals surface area contributed by atoms with Crippen molar-refractivity contribution in [3.8, 4) is 0 Å². The summed E-state index contributed by atoms with van der Waals surface area (Å²) in [5.41, 5.74) is 1.51. The van der Waals surface area contributed by atoms with Crippen LogP contribution in [0.25, 0.3) is 0 Å². The largest absolute Gasteiger partial charge is 0.354 e. The molecular weight excluding hydrogens is 292 g/mol. The summed E-state index contributed by atoms with van der Waals surface area (Å²) in [5, 5.41) is 3.10. The molecule has 0 aromatic heterocycles. The van der Waals surface area contributed by atoms with Crippen LogP contribution in [0.2, 0.25) is 0 Å². The quantitative estimate of drug-likeness (QED) is 0.789. The van der Waals surface area contributed by atoms with Crippen molar-refractivity contribution in [2.75, 3.05) is 32.8 Å². The van der Waals surface area contributed by atoms with E-state index in [9.17, 15) is 4.79 Å². The molecule has 0 aromatic rings. The number of likely N-dealkylation sites (tertiary alicyclic amines) is 1. The summed E-state index contributed by atoms with van der Waals surface area (Å²) in [6.45, 7) is 5.89. The molecule has 2 saturated heterocycles. The van der Waals surface area contributed by atoms with Gasteiger partial charge >= 0.3 is 0 Å². The molecule has 130 valence electrons. The van der Waals surface area contributed by atoms with Gasteiger partial charge in [0.25, 0.3) is 0 Å². The van der Waals surface area contributed by atoms with Crippen molar-refractivity contribution in [2.24, 2.45) is 0 Å². The molecule has 1 aliphatic carbocycles. The second kappa shape index (κ2) is 7.77. The number of rotatable bonds is 5. The van der Waals surface area contributed by atoms with Gasteiger partial charge in [0, 0.05) is 32.5 Å². The minimum atomic E-state index is -0.361. The fourth-order valence-electron chi connectivity index (χ4n) is 3.83. The molecule has 5 nitrogen and oxygen atoms in total. The van der Waals surface area contributed by atoms with Crippen LogP contribution in [0.3, 0.4) is 0 Å². The van der Waals surface area contributed by atoms with Crippen LogP contribution < -0.4 is 5.32 Å². The van der Waals surface area contributed by atoms with Crippen LogP contribution >= 0.6 is 0 Å². The number of hydrogen-bond acceptors (Lipinski definition) is 4. The smallest absolute Gasteiger partial charge is 0.237 e. The zero-order chi connectivity index (χ0) is 16.1. The minimum Gasteiger partial charge on any atom is -0.354 e. The summed E-state index contributed by atoms with van der Waals surface area (Å²) >= 11 is 0. The lowest BCUT2D eigenvalue weighted by Crippen LogP contribution is -2.52. The van der Waals surface area contributed by atoms with Crippen molar-refractivity contribution >= 4 is 5.91 Å². The molecule has 1 atom stereocenters. The number of hydrogen-bond donors (Lipinski definition) is 1. The fraction of sp³-hybridized carbons (Fsp3) is 0.833. The highest BCUT2D eigenvalue weighted by Crippen LogP contribution is 2.31. The first-order valence-corrected chi connectivity index (χ1v) is 9.16. The van der Waals surface area contributed by atoms with Crippen molar-refractivity contribution < 1.29 is 14.3 Å². The number of piperidine rings is 1. The van der Waals surface area contributed by atoms with Gasteiger partial charge < -0.3 is 14.8 Å². The molecule has 1 amide bonds. The van der Waals surface area contributed by atoms with Crippen molar-refractivity contribution in [1.29, 1.82) is 0 Å². The Hall–Kier alpha value is -0.910. The molecule has 3 rings (SSSR count). The van der Waals surface area contributed by atoms with E-state index in [0.717, 1.165) is 38.9 Å². The molecule has 0 aromatic carbocycles. The minimum absolute atomic E-state index is 0.0749. The van der Waals surface area contributed by atoms with Crippen LogP contribution in [0.15, 0.2) is 11.6 Å². The van der Waals surface area contributed by atoms with Gasteiger partial charge in [-0.2, -0.15) is 0 Å². The Bertz CT molecular complexity index is 434. The van der Waals surface area contributed by atoms with E-state index < -0.39 is 0 Å². The second-order valence-electron chi connectivity index (χ2n) is 6.97. The summed E-state index contributed by atoms with van der Waals surface area (Å²) in [4.78, 5) is 14.6. The molecule has 2 heterocycles. The number of allylic oxidation sites excluding steroid dienone is 1. The van der Waals surface area contributed by atoms with Gasteiger partial charge in [-0.3, -0.25) is 9.69 Å². The third-order valence-corrected chi connectivity index (χ3v) is 5.43. The Labute approximate surface area is 139 Å². The molecule has 3 aliphatic rings. The van der Waals surface area contributed by atoms with E-state index in [1.54, 1.807) is 0 Å². The third-order valence-electron chi connectivity index (χ3n) is 5.43. The first-order chi connectivity index (χ1) is 11.2. The van der Waals surface area contributed by atoms with Crippen LogP contribution in [0.5, 0.6) is 0 Å². The Balaban J connectivity index is 1.38. The summed E-state index contributed by atoms with van der Waals surface area (Å²) in [5.74, 6) is -0.217. The van der Waals surface area contributed by atoms with Gasteiger partial charge in [0.2, 0.25) is 5.91 Å². The lowest BCUT2D eigenvalue weighted by molar-refractivity contribution is -0.188. The predicted octanol–water partition coefficient (Wildman–Crippen LogP) is 2.22. The van der Waals surface area contributed by atoms with Crippen LogP contribution in [-0.2, 0) is 14.3 Å². The standard InChI is InChI=1S/C18H30N2O3/c1-15(17(21)19-10-7-16-5-3-2-4-6-16)20-11-8-18(9-12-20)22-13-14-23-18/h5,15H,2-4,6-14H2,1H3,(H,19,21). The molecule has 23 heavy (non-hydrogen) atoms. The third kappa shape index (κ3) is 4.34. The van der Waals surface area contributed by atoms with E-state index in [2.05, 4.69) is 16.3 Å². The Morgan fingerprint density at radius 2 is 2.04 bits per heavy atom. The van der Waals surface area contributed by atoms with E-state index >= 15 is 0 Å². The number of carbonyl (C=O) groups is 1. The molecule has 2 aliphatic heterocycles. The highest BCUT2D eigenvalue weighted by atomic mass is 16.7. The maximum Gasteiger partial charge on any atom is 0.237 e. The number of carbonyl (C=O) groups excluding carboxylic acids is 1. The molecule has 0 radical (unpaired) electrons. The predicted molar refractivity (Wildman–Crippen MR) is 89.1 cm³/mol. The molecule has 1 spiro atoms. The van der Waals surface area contributed by atoms with Crippen molar-refractivity contribution in [3.05, 3.63) is 11.6 Å². The first kappa shape index (κ1) is 16.9. The van der Waals surface area contributed by atoms with Gasteiger partial charge in [0.15, 0.2) is 5.79 Å².